The van der Waals surface area contributed by atoms with Gasteiger partial charge in [-0.05, 0) is 30.7 Å². The van der Waals surface area contributed by atoms with Gasteiger partial charge >= 0.3 is 0 Å². The Bertz CT molecular complexity index is 661. The van der Waals surface area contributed by atoms with Gasteiger partial charge in [-0.3, -0.25) is 4.79 Å². The number of hydrogen-bond acceptors (Lipinski definition) is 3. The molecule has 2 unspecified atom stereocenters. The first-order chi connectivity index (χ1) is 11.0. The van der Waals surface area contributed by atoms with E-state index in [2.05, 4.69) is 5.32 Å². The van der Waals surface area contributed by atoms with Crippen LogP contribution in [0.1, 0.15) is 22.8 Å². The molecule has 2 aromatic rings. The first-order valence-corrected chi connectivity index (χ1v) is 7.75. The number of hydrogen-bond donors (Lipinski definition) is 2. The minimum Gasteiger partial charge on any atom is -0.496 e. The molecule has 2 atom stereocenters. The quantitative estimate of drug-likeness (QED) is 0.854. The molecule has 0 radical (unpaired) electrons. The van der Waals surface area contributed by atoms with Gasteiger partial charge in [0.25, 0.3) is 5.91 Å². The molecule has 5 heteroatoms. The highest BCUT2D eigenvalue weighted by Crippen LogP contribution is 2.22. The third-order valence-corrected chi connectivity index (χ3v) is 3.86. The molecule has 2 aromatic carbocycles. The highest BCUT2D eigenvalue weighted by molar-refractivity contribution is 6.31. The summed E-state index contributed by atoms with van der Waals surface area (Å²) in [7, 11) is 1.49. The molecule has 0 fully saturated rings. The molecule has 0 aliphatic rings. The number of methoxy groups -OCH3 is 1. The lowest BCUT2D eigenvalue weighted by Gasteiger charge is -2.21. The second-order valence-corrected chi connectivity index (χ2v) is 5.80. The van der Waals surface area contributed by atoms with Crippen LogP contribution in [-0.2, 0) is 6.42 Å². The topological polar surface area (TPSA) is 58.6 Å². The first-order valence-electron chi connectivity index (χ1n) is 7.37. The fraction of sp³-hybridized carbons (Fsp3) is 0.278. The maximum atomic E-state index is 12.4. The van der Waals surface area contributed by atoms with Crippen molar-refractivity contribution in [3.63, 3.8) is 0 Å². The smallest absolute Gasteiger partial charge is 0.255 e. The Hall–Kier alpha value is -2.04. The number of nitrogens with one attached hydrogen (secondary N) is 1. The lowest BCUT2D eigenvalue weighted by atomic mass is 10.0. The molecule has 23 heavy (non-hydrogen) atoms. The van der Waals surface area contributed by atoms with E-state index in [1.165, 1.54) is 7.11 Å². The van der Waals surface area contributed by atoms with Crippen LogP contribution in [0.3, 0.4) is 0 Å². The lowest BCUT2D eigenvalue weighted by molar-refractivity contribution is 0.0849. The molecule has 4 nitrogen and oxygen atoms in total. The lowest BCUT2D eigenvalue weighted by Crippen LogP contribution is -2.42. The maximum Gasteiger partial charge on any atom is 0.255 e. The van der Waals surface area contributed by atoms with Crippen molar-refractivity contribution in [1.29, 1.82) is 0 Å². The van der Waals surface area contributed by atoms with Crippen LogP contribution in [0.5, 0.6) is 5.75 Å². The molecular formula is C18H20ClNO3. The van der Waals surface area contributed by atoms with Gasteiger partial charge in [-0.2, -0.15) is 0 Å². The van der Waals surface area contributed by atoms with Crippen molar-refractivity contribution in [1.82, 2.24) is 5.32 Å². The molecular weight excluding hydrogens is 314 g/mol. The Morgan fingerprint density at radius 2 is 1.96 bits per heavy atom. The number of halogens is 1. The summed E-state index contributed by atoms with van der Waals surface area (Å²) in [4.78, 5) is 12.4. The summed E-state index contributed by atoms with van der Waals surface area (Å²) >= 11 is 5.94. The van der Waals surface area contributed by atoms with Crippen molar-refractivity contribution in [3.8, 4) is 5.75 Å². The number of aliphatic hydroxyl groups is 1. The van der Waals surface area contributed by atoms with E-state index in [0.717, 1.165) is 5.56 Å². The molecule has 0 saturated carbocycles. The van der Waals surface area contributed by atoms with Crippen molar-refractivity contribution in [2.45, 2.75) is 25.5 Å². The van der Waals surface area contributed by atoms with Crippen LogP contribution in [0.15, 0.2) is 48.5 Å². The van der Waals surface area contributed by atoms with Crippen LogP contribution in [0.4, 0.5) is 0 Å². The second-order valence-electron chi connectivity index (χ2n) is 5.36. The van der Waals surface area contributed by atoms with Crippen LogP contribution in [0.2, 0.25) is 5.02 Å². The van der Waals surface area contributed by atoms with Gasteiger partial charge in [-0.1, -0.05) is 41.9 Å². The molecule has 0 bridgehead atoms. The van der Waals surface area contributed by atoms with Crippen LogP contribution in [-0.4, -0.2) is 30.3 Å². The molecule has 0 aliphatic carbocycles. The summed E-state index contributed by atoms with van der Waals surface area (Å²) < 4.78 is 5.18. The monoisotopic (exact) mass is 333 g/mol. The molecule has 0 spiro atoms. The maximum absolute atomic E-state index is 12.4. The van der Waals surface area contributed by atoms with E-state index in [1.807, 2.05) is 30.3 Å². The van der Waals surface area contributed by atoms with Gasteiger partial charge < -0.3 is 15.2 Å². The van der Waals surface area contributed by atoms with E-state index in [9.17, 15) is 9.90 Å². The Kier molecular flexibility index (Phi) is 6.02. The normalized spacial score (nSPS) is 13.2. The van der Waals surface area contributed by atoms with Gasteiger partial charge in [-0.25, -0.2) is 0 Å². The highest BCUT2D eigenvalue weighted by Gasteiger charge is 2.20. The number of rotatable bonds is 6. The van der Waals surface area contributed by atoms with E-state index < -0.39 is 12.1 Å². The summed E-state index contributed by atoms with van der Waals surface area (Å²) in [6.45, 7) is 1.77. The number of ether oxygens (including phenoxy) is 1. The number of carbonyl (C=O) groups is 1. The number of aliphatic hydroxyl groups excluding tert-OH is 1. The number of carbonyl (C=O) groups excluding carboxylic acids is 1. The SMILES string of the molecule is COc1ccc(Cl)cc1C(=O)NC(C)C(O)Cc1ccccc1. The van der Waals surface area contributed by atoms with Gasteiger partial charge in [0.05, 0.1) is 24.8 Å². The van der Waals surface area contributed by atoms with Gasteiger partial charge in [0.2, 0.25) is 0 Å². The minimum absolute atomic E-state index is 0.330. The number of amides is 1. The van der Waals surface area contributed by atoms with E-state index in [0.29, 0.717) is 22.8 Å². The van der Waals surface area contributed by atoms with Crippen molar-refractivity contribution < 1.29 is 14.6 Å². The fourth-order valence-corrected chi connectivity index (χ4v) is 2.44. The van der Waals surface area contributed by atoms with Crippen molar-refractivity contribution in [3.05, 3.63) is 64.7 Å². The van der Waals surface area contributed by atoms with Gasteiger partial charge in [0, 0.05) is 11.4 Å². The third kappa shape index (κ3) is 4.71. The molecule has 2 rings (SSSR count). The Labute approximate surface area is 141 Å². The van der Waals surface area contributed by atoms with E-state index in [4.69, 9.17) is 16.3 Å². The van der Waals surface area contributed by atoms with Crippen molar-refractivity contribution in [2.75, 3.05) is 7.11 Å². The zero-order valence-electron chi connectivity index (χ0n) is 13.1. The largest absolute Gasteiger partial charge is 0.496 e. The Balaban J connectivity index is 2.03. The van der Waals surface area contributed by atoms with Crippen molar-refractivity contribution >= 4 is 17.5 Å². The summed E-state index contributed by atoms with van der Waals surface area (Å²) in [5, 5.41) is 13.5. The van der Waals surface area contributed by atoms with Gasteiger partial charge in [-0.15, -0.1) is 0 Å². The average molecular weight is 334 g/mol. The molecule has 0 aliphatic heterocycles. The highest BCUT2D eigenvalue weighted by atomic mass is 35.5. The molecule has 0 saturated heterocycles. The van der Waals surface area contributed by atoms with Crippen LogP contribution < -0.4 is 10.1 Å². The standard InChI is InChI=1S/C18H20ClNO3/c1-12(16(21)10-13-6-4-3-5-7-13)20-18(22)15-11-14(19)8-9-17(15)23-2/h3-9,11-12,16,21H,10H2,1-2H3,(H,20,22). The predicted octanol–water partition coefficient (Wildman–Crippen LogP) is 3.07. The zero-order valence-corrected chi connectivity index (χ0v) is 13.9. The average Bonchev–Trinajstić information content (AvgIpc) is 2.55. The van der Waals surface area contributed by atoms with Crippen LogP contribution >= 0.6 is 11.6 Å². The Morgan fingerprint density at radius 1 is 1.26 bits per heavy atom. The molecule has 122 valence electrons. The second kappa shape index (κ2) is 7.99. The van der Waals surface area contributed by atoms with E-state index in [-0.39, 0.29) is 5.91 Å². The third-order valence-electron chi connectivity index (χ3n) is 3.63. The van der Waals surface area contributed by atoms with E-state index >= 15 is 0 Å². The Morgan fingerprint density at radius 3 is 2.61 bits per heavy atom. The van der Waals surface area contributed by atoms with Gasteiger partial charge in [0.1, 0.15) is 5.75 Å². The van der Waals surface area contributed by atoms with E-state index in [1.54, 1.807) is 25.1 Å². The predicted molar refractivity (Wildman–Crippen MR) is 91.1 cm³/mol. The van der Waals surface area contributed by atoms with Crippen LogP contribution in [0.25, 0.3) is 0 Å². The summed E-state index contributed by atoms with van der Waals surface area (Å²) in [6.07, 6.45) is -0.221. The summed E-state index contributed by atoms with van der Waals surface area (Å²) in [5.41, 5.74) is 1.36. The first kappa shape index (κ1) is 17.3. The minimum atomic E-state index is -0.688. The molecule has 0 aromatic heterocycles. The fourth-order valence-electron chi connectivity index (χ4n) is 2.27. The molecule has 0 heterocycles. The van der Waals surface area contributed by atoms with Crippen molar-refractivity contribution in [2.24, 2.45) is 0 Å². The zero-order chi connectivity index (χ0) is 16.8. The van der Waals surface area contributed by atoms with Crippen LogP contribution in [0, 0.1) is 0 Å². The summed E-state index contributed by atoms with van der Waals surface area (Å²) in [5.74, 6) is 0.112. The summed E-state index contributed by atoms with van der Waals surface area (Å²) in [6, 6.07) is 14.1. The molecule has 1 amide bonds. The number of benzene rings is 2. The molecule has 2 N–H and O–H groups in total. The van der Waals surface area contributed by atoms with Gasteiger partial charge in [0.15, 0.2) is 0 Å².